The van der Waals surface area contributed by atoms with E-state index in [0.29, 0.717) is 5.91 Å². The van der Waals surface area contributed by atoms with E-state index in [2.05, 4.69) is 23.7 Å². The van der Waals surface area contributed by atoms with Crippen LogP contribution in [0.5, 0.6) is 0 Å². The second kappa shape index (κ2) is 5.85. The molecule has 1 aromatic rings. The minimum atomic E-state index is -0.152. The van der Waals surface area contributed by atoms with E-state index in [1.165, 1.54) is 4.88 Å². The first kappa shape index (κ1) is 13.6. The Balaban J connectivity index is 2.04. The summed E-state index contributed by atoms with van der Waals surface area (Å²) in [5.74, 6) is 0.308. The molecule has 2 rings (SSSR count). The Hall–Kier alpha value is -0.870. The van der Waals surface area contributed by atoms with Gasteiger partial charge >= 0.3 is 0 Å². The van der Waals surface area contributed by atoms with Crippen LogP contribution in [0.4, 0.5) is 0 Å². The fraction of sp³-hybridized carbons (Fsp3) is 0.643. The van der Waals surface area contributed by atoms with Crippen molar-refractivity contribution >= 4 is 17.2 Å². The Morgan fingerprint density at radius 3 is 3.00 bits per heavy atom. The van der Waals surface area contributed by atoms with Gasteiger partial charge in [0.25, 0.3) is 0 Å². The van der Waals surface area contributed by atoms with Crippen LogP contribution in [-0.4, -0.2) is 30.9 Å². The molecule has 1 aromatic heterocycles. The predicted molar refractivity (Wildman–Crippen MR) is 75.6 cm³/mol. The van der Waals surface area contributed by atoms with E-state index in [0.717, 1.165) is 38.9 Å². The molecule has 0 aromatic carbocycles. The van der Waals surface area contributed by atoms with E-state index in [1.807, 2.05) is 18.0 Å². The highest BCUT2D eigenvalue weighted by Crippen LogP contribution is 2.33. The molecule has 1 unspecified atom stereocenters. The van der Waals surface area contributed by atoms with Gasteiger partial charge in [0.2, 0.25) is 5.91 Å². The molecular weight excluding hydrogens is 244 g/mol. The largest absolute Gasteiger partial charge is 0.340 e. The van der Waals surface area contributed by atoms with E-state index in [-0.39, 0.29) is 5.41 Å². The molecule has 1 N–H and O–H groups in total. The summed E-state index contributed by atoms with van der Waals surface area (Å²) in [6.45, 7) is 4.71. The molecule has 0 aliphatic carbocycles. The first-order chi connectivity index (χ1) is 8.68. The van der Waals surface area contributed by atoms with Crippen LogP contribution in [0.25, 0.3) is 0 Å². The van der Waals surface area contributed by atoms with Gasteiger partial charge in [-0.1, -0.05) is 19.4 Å². The summed E-state index contributed by atoms with van der Waals surface area (Å²) in [6, 6.07) is 4.13. The van der Waals surface area contributed by atoms with Gasteiger partial charge < -0.3 is 10.2 Å². The highest BCUT2D eigenvalue weighted by Gasteiger charge is 2.41. The number of carbonyl (C=O) groups excluding carboxylic acids is 1. The highest BCUT2D eigenvalue weighted by atomic mass is 32.1. The molecule has 1 atom stereocenters. The lowest BCUT2D eigenvalue weighted by Gasteiger charge is -2.31. The lowest BCUT2D eigenvalue weighted by Crippen LogP contribution is -2.43. The number of hydrogen-bond acceptors (Lipinski definition) is 3. The maximum absolute atomic E-state index is 12.7. The average molecular weight is 266 g/mol. The van der Waals surface area contributed by atoms with Crippen molar-refractivity contribution < 1.29 is 4.79 Å². The SMILES string of the molecule is CCCC1(C(=O)N(C)Cc2cccs2)CCNC1. The van der Waals surface area contributed by atoms with Crippen LogP contribution in [0, 0.1) is 5.41 Å². The van der Waals surface area contributed by atoms with Crippen molar-refractivity contribution in [3.8, 4) is 0 Å². The lowest BCUT2D eigenvalue weighted by molar-refractivity contribution is -0.140. The molecule has 0 spiro atoms. The Bertz CT molecular complexity index is 383. The first-order valence-electron chi connectivity index (χ1n) is 6.66. The van der Waals surface area contributed by atoms with Crippen LogP contribution in [0.2, 0.25) is 0 Å². The number of carbonyl (C=O) groups is 1. The van der Waals surface area contributed by atoms with E-state index in [1.54, 1.807) is 11.3 Å². The van der Waals surface area contributed by atoms with Crippen LogP contribution >= 0.6 is 11.3 Å². The molecule has 0 radical (unpaired) electrons. The van der Waals surface area contributed by atoms with Crippen LogP contribution in [0.1, 0.15) is 31.1 Å². The molecule has 100 valence electrons. The van der Waals surface area contributed by atoms with Gasteiger partial charge in [-0.15, -0.1) is 11.3 Å². The molecule has 18 heavy (non-hydrogen) atoms. The van der Waals surface area contributed by atoms with Crippen molar-refractivity contribution in [3.05, 3.63) is 22.4 Å². The third kappa shape index (κ3) is 2.75. The zero-order valence-corrected chi connectivity index (χ0v) is 12.1. The Kier molecular flexibility index (Phi) is 4.40. The van der Waals surface area contributed by atoms with Gasteiger partial charge in [-0.3, -0.25) is 4.79 Å². The van der Waals surface area contributed by atoms with Crippen LogP contribution in [0.15, 0.2) is 17.5 Å². The van der Waals surface area contributed by atoms with E-state index >= 15 is 0 Å². The van der Waals surface area contributed by atoms with Crippen LogP contribution < -0.4 is 5.32 Å². The summed E-state index contributed by atoms with van der Waals surface area (Å²) >= 11 is 1.71. The maximum atomic E-state index is 12.7. The van der Waals surface area contributed by atoms with Gasteiger partial charge in [-0.05, 0) is 30.8 Å². The molecule has 2 heterocycles. The molecule has 0 bridgehead atoms. The van der Waals surface area contributed by atoms with Gasteiger partial charge in [0.15, 0.2) is 0 Å². The quantitative estimate of drug-likeness (QED) is 0.888. The molecule has 1 aliphatic rings. The molecule has 1 aliphatic heterocycles. The standard InChI is InChI=1S/C14H22N2OS/c1-3-6-14(7-8-15-11-14)13(17)16(2)10-12-5-4-9-18-12/h4-5,9,15H,3,6-8,10-11H2,1-2H3. The van der Waals surface area contributed by atoms with Gasteiger partial charge in [-0.25, -0.2) is 0 Å². The van der Waals surface area contributed by atoms with Crippen LogP contribution in [0.3, 0.4) is 0 Å². The summed E-state index contributed by atoms with van der Waals surface area (Å²) in [4.78, 5) is 15.8. The van der Waals surface area contributed by atoms with E-state index in [9.17, 15) is 4.79 Å². The van der Waals surface area contributed by atoms with E-state index in [4.69, 9.17) is 0 Å². The molecule has 1 amide bonds. The summed E-state index contributed by atoms with van der Waals surface area (Å²) in [6.07, 6.45) is 3.04. The van der Waals surface area contributed by atoms with Crippen molar-refractivity contribution in [2.45, 2.75) is 32.7 Å². The summed E-state index contributed by atoms with van der Waals surface area (Å²) in [5.41, 5.74) is -0.152. The van der Waals surface area contributed by atoms with Gasteiger partial charge in [0.05, 0.1) is 12.0 Å². The summed E-state index contributed by atoms with van der Waals surface area (Å²) in [5, 5.41) is 5.41. The van der Waals surface area contributed by atoms with Gasteiger partial charge in [0, 0.05) is 18.5 Å². The molecular formula is C14H22N2OS. The smallest absolute Gasteiger partial charge is 0.230 e. The van der Waals surface area contributed by atoms with Crippen molar-refractivity contribution in [1.82, 2.24) is 10.2 Å². The number of amides is 1. The number of hydrogen-bond donors (Lipinski definition) is 1. The Morgan fingerprint density at radius 1 is 1.61 bits per heavy atom. The van der Waals surface area contributed by atoms with Crippen molar-refractivity contribution in [3.63, 3.8) is 0 Å². The Labute approximate surface area is 113 Å². The van der Waals surface area contributed by atoms with Crippen molar-refractivity contribution in [2.75, 3.05) is 20.1 Å². The van der Waals surface area contributed by atoms with E-state index < -0.39 is 0 Å². The number of nitrogens with one attached hydrogen (secondary N) is 1. The monoisotopic (exact) mass is 266 g/mol. The zero-order valence-electron chi connectivity index (χ0n) is 11.2. The highest BCUT2D eigenvalue weighted by molar-refractivity contribution is 7.09. The molecule has 4 heteroatoms. The fourth-order valence-electron chi connectivity index (χ4n) is 2.84. The Morgan fingerprint density at radius 2 is 2.44 bits per heavy atom. The average Bonchev–Trinajstić information content (AvgIpc) is 3.00. The van der Waals surface area contributed by atoms with Crippen LogP contribution in [-0.2, 0) is 11.3 Å². The second-order valence-electron chi connectivity index (χ2n) is 5.20. The molecule has 3 nitrogen and oxygen atoms in total. The minimum absolute atomic E-state index is 0.152. The van der Waals surface area contributed by atoms with Crippen molar-refractivity contribution in [1.29, 1.82) is 0 Å². The number of nitrogens with zero attached hydrogens (tertiary/aromatic N) is 1. The fourth-order valence-corrected chi connectivity index (χ4v) is 3.60. The minimum Gasteiger partial charge on any atom is -0.340 e. The number of rotatable bonds is 5. The third-order valence-corrected chi connectivity index (χ3v) is 4.61. The normalized spacial score (nSPS) is 23.2. The zero-order chi connectivity index (χ0) is 13.0. The summed E-state index contributed by atoms with van der Waals surface area (Å²) in [7, 11) is 1.93. The summed E-state index contributed by atoms with van der Waals surface area (Å²) < 4.78 is 0. The third-order valence-electron chi connectivity index (χ3n) is 3.75. The maximum Gasteiger partial charge on any atom is 0.230 e. The predicted octanol–water partition coefficient (Wildman–Crippen LogP) is 2.49. The molecule has 0 saturated carbocycles. The lowest BCUT2D eigenvalue weighted by atomic mass is 9.81. The first-order valence-corrected chi connectivity index (χ1v) is 7.54. The molecule has 1 saturated heterocycles. The van der Waals surface area contributed by atoms with Crippen molar-refractivity contribution in [2.24, 2.45) is 5.41 Å². The molecule has 1 fully saturated rings. The van der Waals surface area contributed by atoms with Gasteiger partial charge in [-0.2, -0.15) is 0 Å². The van der Waals surface area contributed by atoms with Gasteiger partial charge in [0.1, 0.15) is 0 Å². The number of thiophene rings is 1. The topological polar surface area (TPSA) is 32.3 Å². The second-order valence-corrected chi connectivity index (χ2v) is 6.23.